The first-order valence-corrected chi connectivity index (χ1v) is 5.57. The van der Waals surface area contributed by atoms with Gasteiger partial charge in [-0.05, 0) is 11.6 Å². The highest BCUT2D eigenvalue weighted by Gasteiger charge is 1.93. The van der Waals surface area contributed by atoms with E-state index in [1.165, 1.54) is 11.9 Å². The van der Waals surface area contributed by atoms with E-state index in [9.17, 15) is 0 Å². The Balaban J connectivity index is 1.61. The van der Waals surface area contributed by atoms with Crippen LogP contribution < -0.4 is 5.32 Å². The van der Waals surface area contributed by atoms with E-state index in [2.05, 4.69) is 27.4 Å². The third kappa shape index (κ3) is 4.20. The molecule has 0 aliphatic rings. The van der Waals surface area contributed by atoms with Gasteiger partial charge in [-0.1, -0.05) is 30.3 Å². The molecule has 0 radical (unpaired) electrons. The van der Waals surface area contributed by atoms with Crippen LogP contribution in [0.1, 0.15) is 5.56 Å². The second kappa shape index (κ2) is 6.60. The lowest BCUT2D eigenvalue weighted by Crippen LogP contribution is -2.10. The Morgan fingerprint density at radius 3 is 2.76 bits per heavy atom. The summed E-state index contributed by atoms with van der Waals surface area (Å²) < 4.78 is 5.54. The molecule has 0 aliphatic heterocycles. The zero-order valence-corrected chi connectivity index (χ0v) is 9.54. The van der Waals surface area contributed by atoms with Crippen molar-refractivity contribution in [3.05, 3.63) is 54.5 Å². The van der Waals surface area contributed by atoms with Gasteiger partial charge >= 0.3 is 0 Å². The van der Waals surface area contributed by atoms with Crippen molar-refractivity contribution in [1.29, 1.82) is 0 Å². The molecule has 17 heavy (non-hydrogen) atoms. The number of anilines is 1. The van der Waals surface area contributed by atoms with Gasteiger partial charge in [0.05, 0.1) is 13.2 Å². The monoisotopic (exact) mass is 229 g/mol. The van der Waals surface area contributed by atoms with Gasteiger partial charge in [-0.15, -0.1) is 0 Å². The fourth-order valence-corrected chi connectivity index (χ4v) is 1.41. The quantitative estimate of drug-likeness (QED) is 0.771. The molecule has 0 spiro atoms. The van der Waals surface area contributed by atoms with Crippen molar-refractivity contribution in [3.63, 3.8) is 0 Å². The molecule has 0 saturated carbocycles. The molecule has 0 bridgehead atoms. The summed E-state index contributed by atoms with van der Waals surface area (Å²) in [6, 6.07) is 12.0. The number of aromatic nitrogens is 2. The number of hydrogen-bond donors (Lipinski definition) is 1. The molecule has 0 fully saturated rings. The SMILES string of the molecule is c1ccc(COCCNc2ccncn2)cc1. The highest BCUT2D eigenvalue weighted by Crippen LogP contribution is 2.00. The van der Waals surface area contributed by atoms with Crippen molar-refractivity contribution in [2.24, 2.45) is 0 Å². The molecule has 0 aliphatic carbocycles. The molecule has 1 heterocycles. The minimum absolute atomic E-state index is 0.645. The molecule has 1 N–H and O–H groups in total. The first kappa shape index (κ1) is 11.5. The first-order chi connectivity index (χ1) is 8.45. The van der Waals surface area contributed by atoms with Crippen molar-refractivity contribution >= 4 is 5.82 Å². The molecular weight excluding hydrogens is 214 g/mol. The summed E-state index contributed by atoms with van der Waals surface area (Å²) in [7, 11) is 0. The standard InChI is InChI=1S/C13H15N3O/c1-2-4-12(5-3-1)10-17-9-8-15-13-6-7-14-11-16-13/h1-7,11H,8-10H2,(H,14,15,16). The van der Waals surface area contributed by atoms with Gasteiger partial charge in [0.15, 0.2) is 0 Å². The van der Waals surface area contributed by atoms with Crippen LogP contribution >= 0.6 is 0 Å². The van der Waals surface area contributed by atoms with Crippen molar-refractivity contribution in [2.75, 3.05) is 18.5 Å². The average Bonchev–Trinajstić information content (AvgIpc) is 2.41. The predicted molar refractivity (Wildman–Crippen MR) is 66.6 cm³/mol. The van der Waals surface area contributed by atoms with Crippen molar-refractivity contribution in [1.82, 2.24) is 9.97 Å². The molecular formula is C13H15N3O. The van der Waals surface area contributed by atoms with Crippen molar-refractivity contribution in [3.8, 4) is 0 Å². The van der Waals surface area contributed by atoms with Gasteiger partial charge in [0.2, 0.25) is 0 Å². The topological polar surface area (TPSA) is 47.0 Å². The minimum atomic E-state index is 0.645. The fraction of sp³-hybridized carbons (Fsp3) is 0.231. The number of hydrogen-bond acceptors (Lipinski definition) is 4. The lowest BCUT2D eigenvalue weighted by molar-refractivity contribution is 0.130. The van der Waals surface area contributed by atoms with Crippen molar-refractivity contribution in [2.45, 2.75) is 6.61 Å². The van der Waals surface area contributed by atoms with Crippen LogP contribution in [0.4, 0.5) is 5.82 Å². The summed E-state index contributed by atoms with van der Waals surface area (Å²) in [5.74, 6) is 0.823. The number of benzene rings is 1. The molecule has 88 valence electrons. The van der Waals surface area contributed by atoms with Crippen LogP contribution in [-0.2, 0) is 11.3 Å². The lowest BCUT2D eigenvalue weighted by Gasteiger charge is -2.06. The molecule has 2 aromatic rings. The smallest absolute Gasteiger partial charge is 0.129 e. The molecule has 4 nitrogen and oxygen atoms in total. The fourth-order valence-electron chi connectivity index (χ4n) is 1.41. The van der Waals surface area contributed by atoms with E-state index in [0.29, 0.717) is 13.2 Å². The summed E-state index contributed by atoms with van der Waals surface area (Å²) in [6.07, 6.45) is 3.23. The van der Waals surface area contributed by atoms with E-state index < -0.39 is 0 Å². The van der Waals surface area contributed by atoms with Crippen LogP contribution in [0.15, 0.2) is 48.9 Å². The minimum Gasteiger partial charge on any atom is -0.375 e. The number of ether oxygens (including phenoxy) is 1. The second-order valence-electron chi connectivity index (χ2n) is 3.56. The molecule has 1 aromatic carbocycles. The number of rotatable bonds is 6. The largest absolute Gasteiger partial charge is 0.375 e. The molecule has 0 atom stereocenters. The Labute approximate surface area is 101 Å². The molecule has 0 unspecified atom stereocenters. The van der Waals surface area contributed by atoms with Crippen LogP contribution in [0.3, 0.4) is 0 Å². The van der Waals surface area contributed by atoms with Gasteiger partial charge in [0.25, 0.3) is 0 Å². The van der Waals surface area contributed by atoms with E-state index in [1.54, 1.807) is 6.20 Å². The summed E-state index contributed by atoms with van der Waals surface area (Å²) >= 11 is 0. The van der Waals surface area contributed by atoms with E-state index in [0.717, 1.165) is 12.4 Å². The van der Waals surface area contributed by atoms with Crippen molar-refractivity contribution < 1.29 is 4.74 Å². The highest BCUT2D eigenvalue weighted by molar-refractivity contribution is 5.31. The second-order valence-corrected chi connectivity index (χ2v) is 3.56. The summed E-state index contributed by atoms with van der Waals surface area (Å²) in [5, 5.41) is 3.15. The van der Waals surface area contributed by atoms with Gasteiger partial charge in [0.1, 0.15) is 12.1 Å². The van der Waals surface area contributed by atoms with Gasteiger partial charge in [-0.25, -0.2) is 9.97 Å². The van der Waals surface area contributed by atoms with Crippen LogP contribution in [0.5, 0.6) is 0 Å². The van der Waals surface area contributed by atoms with Gasteiger partial charge < -0.3 is 10.1 Å². The maximum atomic E-state index is 5.54. The molecule has 0 amide bonds. The van der Waals surface area contributed by atoms with Gasteiger partial charge in [-0.3, -0.25) is 0 Å². The molecule has 4 heteroatoms. The summed E-state index contributed by atoms with van der Waals surface area (Å²) in [4.78, 5) is 7.90. The van der Waals surface area contributed by atoms with Crippen LogP contribution in [-0.4, -0.2) is 23.1 Å². The normalized spacial score (nSPS) is 10.1. The highest BCUT2D eigenvalue weighted by atomic mass is 16.5. The van der Waals surface area contributed by atoms with E-state index >= 15 is 0 Å². The Morgan fingerprint density at radius 2 is 2.00 bits per heavy atom. The Kier molecular flexibility index (Phi) is 4.48. The van der Waals surface area contributed by atoms with E-state index in [4.69, 9.17) is 4.74 Å². The third-order valence-corrected chi connectivity index (χ3v) is 2.25. The first-order valence-electron chi connectivity index (χ1n) is 5.57. The maximum Gasteiger partial charge on any atom is 0.129 e. The summed E-state index contributed by atoms with van der Waals surface area (Å²) in [5.41, 5.74) is 1.19. The lowest BCUT2D eigenvalue weighted by atomic mass is 10.2. The van der Waals surface area contributed by atoms with E-state index in [1.807, 2.05) is 24.3 Å². The Hall–Kier alpha value is -1.94. The Morgan fingerprint density at radius 1 is 1.12 bits per heavy atom. The number of nitrogens with one attached hydrogen (secondary N) is 1. The molecule has 1 aromatic heterocycles. The van der Waals surface area contributed by atoms with Crippen LogP contribution in [0.2, 0.25) is 0 Å². The molecule has 0 saturated heterocycles. The average molecular weight is 229 g/mol. The van der Waals surface area contributed by atoms with Gasteiger partial charge in [0, 0.05) is 12.7 Å². The zero-order valence-electron chi connectivity index (χ0n) is 9.54. The van der Waals surface area contributed by atoms with E-state index in [-0.39, 0.29) is 0 Å². The third-order valence-electron chi connectivity index (χ3n) is 2.25. The molecule has 2 rings (SSSR count). The van der Waals surface area contributed by atoms with Crippen LogP contribution in [0, 0.1) is 0 Å². The van der Waals surface area contributed by atoms with Gasteiger partial charge in [-0.2, -0.15) is 0 Å². The number of nitrogens with zero attached hydrogens (tertiary/aromatic N) is 2. The zero-order chi connectivity index (χ0) is 11.8. The Bertz CT molecular complexity index is 378. The summed E-state index contributed by atoms with van der Waals surface area (Å²) in [6.45, 7) is 2.04. The maximum absolute atomic E-state index is 5.54. The van der Waals surface area contributed by atoms with Crippen LogP contribution in [0.25, 0.3) is 0 Å². The predicted octanol–water partition coefficient (Wildman–Crippen LogP) is 2.11.